The van der Waals surface area contributed by atoms with Crippen LogP contribution in [0.2, 0.25) is 0 Å². The van der Waals surface area contributed by atoms with Crippen molar-refractivity contribution in [1.29, 1.82) is 0 Å². The first-order valence-corrected chi connectivity index (χ1v) is 7.37. The maximum Gasteiger partial charge on any atom is 0.251 e. The number of carbonyl (C=O) groups is 1. The van der Waals surface area contributed by atoms with Gasteiger partial charge in [0.15, 0.2) is 0 Å². The van der Waals surface area contributed by atoms with Crippen LogP contribution in [0.5, 0.6) is 0 Å². The number of piperidine rings is 1. The van der Waals surface area contributed by atoms with E-state index < -0.39 is 0 Å². The number of amides is 1. The van der Waals surface area contributed by atoms with E-state index in [9.17, 15) is 4.79 Å². The van der Waals surface area contributed by atoms with E-state index in [0.717, 1.165) is 25.3 Å². The van der Waals surface area contributed by atoms with Crippen LogP contribution in [0.1, 0.15) is 42.2 Å². The lowest BCUT2D eigenvalue weighted by Gasteiger charge is -2.29. The van der Waals surface area contributed by atoms with Crippen molar-refractivity contribution in [3.63, 3.8) is 0 Å². The van der Waals surface area contributed by atoms with E-state index in [1.807, 2.05) is 0 Å². The molecule has 1 saturated heterocycles. The van der Waals surface area contributed by atoms with Crippen molar-refractivity contribution < 1.29 is 4.79 Å². The second-order valence-corrected chi connectivity index (χ2v) is 5.48. The van der Waals surface area contributed by atoms with Gasteiger partial charge >= 0.3 is 0 Å². The number of carbonyl (C=O) groups excluding carboxylic acids is 1. The van der Waals surface area contributed by atoms with Gasteiger partial charge in [-0.05, 0) is 45.0 Å². The highest BCUT2D eigenvalue weighted by Crippen LogP contribution is 2.09. The molecule has 1 aliphatic rings. The molecule has 110 valence electrons. The van der Waals surface area contributed by atoms with Crippen molar-refractivity contribution >= 4 is 5.91 Å². The molecule has 0 aliphatic carbocycles. The number of nitrogens with one attached hydrogen (secondary N) is 1. The molecule has 5 nitrogen and oxygen atoms in total. The lowest BCUT2D eigenvalue weighted by molar-refractivity contribution is 0.0925. The summed E-state index contributed by atoms with van der Waals surface area (Å²) >= 11 is 0. The molecular formula is C15H24N4O. The Morgan fingerprint density at radius 1 is 1.45 bits per heavy atom. The summed E-state index contributed by atoms with van der Waals surface area (Å²) in [7, 11) is 0. The molecule has 0 aromatic carbocycles. The molecular weight excluding hydrogens is 252 g/mol. The summed E-state index contributed by atoms with van der Waals surface area (Å²) in [5.41, 5.74) is 6.91. The lowest BCUT2D eigenvalue weighted by atomic mass is 10.1. The predicted molar refractivity (Wildman–Crippen MR) is 79.3 cm³/mol. The number of aromatic nitrogens is 1. The van der Waals surface area contributed by atoms with Gasteiger partial charge in [-0.2, -0.15) is 0 Å². The van der Waals surface area contributed by atoms with Crippen molar-refractivity contribution in [2.75, 3.05) is 19.6 Å². The third kappa shape index (κ3) is 4.28. The Kier molecular flexibility index (Phi) is 5.49. The summed E-state index contributed by atoms with van der Waals surface area (Å²) in [6, 6.07) is 3.63. The molecule has 1 atom stereocenters. The van der Waals surface area contributed by atoms with E-state index in [4.69, 9.17) is 5.73 Å². The third-order valence-corrected chi connectivity index (χ3v) is 3.65. The maximum atomic E-state index is 12.2. The molecule has 1 amide bonds. The van der Waals surface area contributed by atoms with Gasteiger partial charge < -0.3 is 16.0 Å². The number of likely N-dealkylation sites (tertiary alicyclic amines) is 1. The monoisotopic (exact) mass is 276 g/mol. The third-order valence-electron chi connectivity index (χ3n) is 3.65. The van der Waals surface area contributed by atoms with E-state index in [0.29, 0.717) is 12.1 Å². The standard InChI is InChI=1S/C15H24N4O/c1-12(11-19-7-3-2-4-8-19)18-15(20)13-5-6-17-14(9-13)10-16/h5-6,9,12H,2-4,7-8,10-11,16H2,1H3,(H,18,20). The fourth-order valence-electron chi connectivity index (χ4n) is 2.61. The lowest BCUT2D eigenvalue weighted by Crippen LogP contribution is -2.43. The van der Waals surface area contributed by atoms with Crippen LogP contribution in [0.3, 0.4) is 0 Å². The smallest absolute Gasteiger partial charge is 0.251 e. The largest absolute Gasteiger partial charge is 0.348 e. The molecule has 3 N–H and O–H groups in total. The summed E-state index contributed by atoms with van der Waals surface area (Å²) in [5, 5.41) is 3.05. The van der Waals surface area contributed by atoms with Gasteiger partial charge in [-0.3, -0.25) is 9.78 Å². The first-order valence-electron chi connectivity index (χ1n) is 7.37. The Hall–Kier alpha value is -1.46. The SMILES string of the molecule is CC(CN1CCCCC1)NC(=O)c1ccnc(CN)c1. The highest BCUT2D eigenvalue weighted by Gasteiger charge is 2.15. The van der Waals surface area contributed by atoms with E-state index in [1.54, 1.807) is 18.3 Å². The highest BCUT2D eigenvalue weighted by atomic mass is 16.1. The number of hydrogen-bond acceptors (Lipinski definition) is 4. The Morgan fingerprint density at radius 3 is 2.90 bits per heavy atom. The second-order valence-electron chi connectivity index (χ2n) is 5.48. The van der Waals surface area contributed by atoms with Gasteiger partial charge in [0.05, 0.1) is 5.69 Å². The van der Waals surface area contributed by atoms with E-state index in [1.165, 1.54) is 19.3 Å². The summed E-state index contributed by atoms with van der Waals surface area (Å²) in [4.78, 5) is 18.7. The van der Waals surface area contributed by atoms with Crippen LogP contribution in [0, 0.1) is 0 Å². The number of nitrogens with zero attached hydrogens (tertiary/aromatic N) is 2. The van der Waals surface area contributed by atoms with Crippen LogP contribution < -0.4 is 11.1 Å². The van der Waals surface area contributed by atoms with Gasteiger partial charge in [-0.25, -0.2) is 0 Å². The van der Waals surface area contributed by atoms with Crippen LogP contribution in [0.15, 0.2) is 18.3 Å². The molecule has 0 radical (unpaired) electrons. The molecule has 2 heterocycles. The number of nitrogens with two attached hydrogens (primary N) is 1. The van der Waals surface area contributed by atoms with Gasteiger partial charge in [-0.15, -0.1) is 0 Å². The topological polar surface area (TPSA) is 71.2 Å². The molecule has 1 aliphatic heterocycles. The predicted octanol–water partition coefficient (Wildman–Crippen LogP) is 1.14. The van der Waals surface area contributed by atoms with E-state index in [-0.39, 0.29) is 11.9 Å². The second kappa shape index (κ2) is 7.36. The van der Waals surface area contributed by atoms with Gasteiger partial charge in [0, 0.05) is 30.9 Å². The zero-order valence-electron chi connectivity index (χ0n) is 12.1. The van der Waals surface area contributed by atoms with Crippen molar-refractivity contribution in [3.05, 3.63) is 29.6 Å². The molecule has 1 unspecified atom stereocenters. The van der Waals surface area contributed by atoms with Crippen molar-refractivity contribution in [2.45, 2.75) is 38.8 Å². The summed E-state index contributed by atoms with van der Waals surface area (Å²) < 4.78 is 0. The van der Waals surface area contributed by atoms with Crippen LogP contribution >= 0.6 is 0 Å². The van der Waals surface area contributed by atoms with Crippen LogP contribution in [0.25, 0.3) is 0 Å². The highest BCUT2D eigenvalue weighted by molar-refractivity contribution is 5.94. The number of pyridine rings is 1. The van der Waals surface area contributed by atoms with Gasteiger partial charge in [0.2, 0.25) is 0 Å². The van der Waals surface area contributed by atoms with Crippen LogP contribution in [-0.2, 0) is 6.54 Å². The van der Waals surface area contributed by atoms with Gasteiger partial charge in [0.25, 0.3) is 5.91 Å². The minimum Gasteiger partial charge on any atom is -0.348 e. The molecule has 1 fully saturated rings. The fraction of sp³-hybridized carbons (Fsp3) is 0.600. The first-order chi connectivity index (χ1) is 9.69. The average Bonchev–Trinajstić information content (AvgIpc) is 2.48. The fourth-order valence-corrected chi connectivity index (χ4v) is 2.61. The molecule has 1 aromatic heterocycles. The Bertz CT molecular complexity index is 443. The minimum atomic E-state index is -0.0494. The molecule has 1 aromatic rings. The number of rotatable bonds is 5. The Labute approximate surface area is 120 Å². The Balaban J connectivity index is 1.86. The van der Waals surface area contributed by atoms with Crippen LogP contribution in [-0.4, -0.2) is 41.5 Å². The first kappa shape index (κ1) is 14.9. The van der Waals surface area contributed by atoms with E-state index >= 15 is 0 Å². The Morgan fingerprint density at radius 2 is 2.20 bits per heavy atom. The zero-order chi connectivity index (χ0) is 14.4. The van der Waals surface area contributed by atoms with Gasteiger partial charge in [0.1, 0.15) is 0 Å². The molecule has 0 bridgehead atoms. The summed E-state index contributed by atoms with van der Waals surface area (Å²) in [6.45, 7) is 5.61. The molecule has 5 heteroatoms. The van der Waals surface area contributed by atoms with E-state index in [2.05, 4.69) is 22.1 Å². The zero-order valence-corrected chi connectivity index (χ0v) is 12.1. The van der Waals surface area contributed by atoms with Gasteiger partial charge in [-0.1, -0.05) is 6.42 Å². The molecule has 0 saturated carbocycles. The summed E-state index contributed by atoms with van der Waals surface area (Å²) in [5.74, 6) is -0.0494. The molecule has 20 heavy (non-hydrogen) atoms. The quantitative estimate of drug-likeness (QED) is 0.846. The van der Waals surface area contributed by atoms with Crippen molar-refractivity contribution in [2.24, 2.45) is 5.73 Å². The molecule has 0 spiro atoms. The van der Waals surface area contributed by atoms with Crippen molar-refractivity contribution in [1.82, 2.24) is 15.2 Å². The minimum absolute atomic E-state index is 0.0494. The summed E-state index contributed by atoms with van der Waals surface area (Å²) in [6.07, 6.45) is 5.50. The normalized spacial score (nSPS) is 17.7. The maximum absolute atomic E-state index is 12.2. The van der Waals surface area contributed by atoms with Crippen LogP contribution in [0.4, 0.5) is 0 Å². The van der Waals surface area contributed by atoms with Crippen molar-refractivity contribution in [3.8, 4) is 0 Å². The molecule has 2 rings (SSSR count). The number of hydrogen-bond donors (Lipinski definition) is 2. The average molecular weight is 276 g/mol.